The SMILES string of the molecule is CCNC(C#N)(CN1CCN(CCN(C)C)CC1)C1CC1. The van der Waals surface area contributed by atoms with Crippen molar-refractivity contribution in [3.63, 3.8) is 0 Å². The Kier molecular flexibility index (Phi) is 6.00. The molecule has 1 N–H and O–H groups in total. The summed E-state index contributed by atoms with van der Waals surface area (Å²) in [6.45, 7) is 10.6. The quantitative estimate of drug-likeness (QED) is 0.704. The standard InChI is InChI=1S/C16H31N5/c1-4-18-16(13-17,15-5-6-15)14-21-11-9-20(10-12-21)8-7-19(2)3/h15,18H,4-12,14H2,1-3H3. The summed E-state index contributed by atoms with van der Waals surface area (Å²) in [5.41, 5.74) is -0.305. The van der Waals surface area contributed by atoms with Crippen LogP contribution < -0.4 is 5.32 Å². The van der Waals surface area contributed by atoms with Crippen molar-refractivity contribution in [1.29, 1.82) is 5.26 Å². The van der Waals surface area contributed by atoms with Crippen molar-refractivity contribution in [3.05, 3.63) is 0 Å². The molecule has 2 fully saturated rings. The molecule has 1 saturated heterocycles. The molecule has 1 heterocycles. The molecule has 0 spiro atoms. The number of nitriles is 1. The number of nitrogens with zero attached hydrogens (tertiary/aromatic N) is 4. The van der Waals surface area contributed by atoms with Gasteiger partial charge in [0, 0.05) is 45.8 Å². The molecular formula is C16H31N5. The average molecular weight is 293 g/mol. The summed E-state index contributed by atoms with van der Waals surface area (Å²) in [6, 6.07) is 2.60. The summed E-state index contributed by atoms with van der Waals surface area (Å²) >= 11 is 0. The molecule has 0 radical (unpaired) electrons. The maximum Gasteiger partial charge on any atom is 0.122 e. The molecule has 120 valence electrons. The second kappa shape index (κ2) is 7.55. The van der Waals surface area contributed by atoms with Crippen LogP contribution in [0.4, 0.5) is 0 Å². The maximum absolute atomic E-state index is 9.69. The van der Waals surface area contributed by atoms with E-state index in [1.165, 1.54) is 12.8 Å². The van der Waals surface area contributed by atoms with E-state index >= 15 is 0 Å². The lowest BCUT2D eigenvalue weighted by molar-refractivity contribution is 0.103. The zero-order valence-electron chi connectivity index (χ0n) is 13.9. The smallest absolute Gasteiger partial charge is 0.122 e. The van der Waals surface area contributed by atoms with Crippen molar-refractivity contribution in [2.75, 3.05) is 66.5 Å². The number of nitrogens with one attached hydrogen (secondary N) is 1. The van der Waals surface area contributed by atoms with Crippen LogP contribution in [0.15, 0.2) is 0 Å². The van der Waals surface area contributed by atoms with Crippen molar-refractivity contribution in [3.8, 4) is 6.07 Å². The Balaban J connectivity index is 1.80. The van der Waals surface area contributed by atoms with Crippen molar-refractivity contribution in [1.82, 2.24) is 20.0 Å². The Hall–Kier alpha value is -0.670. The number of likely N-dealkylation sites (N-methyl/N-ethyl adjacent to an activating group) is 2. The van der Waals surface area contributed by atoms with Crippen LogP contribution in [-0.2, 0) is 0 Å². The molecule has 0 bridgehead atoms. The molecule has 0 amide bonds. The largest absolute Gasteiger partial charge is 0.308 e. The van der Waals surface area contributed by atoms with E-state index in [1.54, 1.807) is 0 Å². The molecule has 2 aliphatic rings. The van der Waals surface area contributed by atoms with Gasteiger partial charge in [0.05, 0.1) is 6.07 Å². The van der Waals surface area contributed by atoms with E-state index < -0.39 is 0 Å². The molecule has 1 saturated carbocycles. The summed E-state index contributed by atoms with van der Waals surface area (Å²) in [7, 11) is 4.26. The Morgan fingerprint density at radius 1 is 1.19 bits per heavy atom. The van der Waals surface area contributed by atoms with Crippen LogP contribution in [0.2, 0.25) is 0 Å². The minimum absolute atomic E-state index is 0.305. The maximum atomic E-state index is 9.69. The predicted molar refractivity (Wildman–Crippen MR) is 86.2 cm³/mol. The molecule has 0 aromatic carbocycles. The molecule has 1 unspecified atom stereocenters. The summed E-state index contributed by atoms with van der Waals surface area (Å²) < 4.78 is 0. The van der Waals surface area contributed by atoms with E-state index in [9.17, 15) is 5.26 Å². The summed E-state index contributed by atoms with van der Waals surface area (Å²) in [6.07, 6.45) is 2.42. The molecule has 1 aliphatic heterocycles. The third-order valence-electron chi connectivity index (χ3n) is 4.77. The fourth-order valence-corrected chi connectivity index (χ4v) is 3.25. The normalized spacial score (nSPS) is 24.0. The van der Waals surface area contributed by atoms with Crippen LogP contribution in [0, 0.1) is 17.2 Å². The highest BCUT2D eigenvalue weighted by atomic mass is 15.3. The van der Waals surface area contributed by atoms with Gasteiger partial charge in [-0.1, -0.05) is 6.92 Å². The first-order valence-corrected chi connectivity index (χ1v) is 8.35. The first-order chi connectivity index (χ1) is 10.1. The predicted octanol–water partition coefficient (Wildman–Crippen LogP) is 0.447. The van der Waals surface area contributed by atoms with Crippen molar-refractivity contribution < 1.29 is 0 Å². The molecule has 2 rings (SSSR count). The fourth-order valence-electron chi connectivity index (χ4n) is 3.25. The highest BCUT2D eigenvalue weighted by molar-refractivity contribution is 5.16. The van der Waals surface area contributed by atoms with Crippen molar-refractivity contribution in [2.24, 2.45) is 5.92 Å². The van der Waals surface area contributed by atoms with Gasteiger partial charge in [0.1, 0.15) is 5.54 Å². The summed E-state index contributed by atoms with van der Waals surface area (Å²) in [5.74, 6) is 0.564. The van der Waals surface area contributed by atoms with E-state index in [4.69, 9.17) is 0 Å². The molecule has 21 heavy (non-hydrogen) atoms. The fraction of sp³-hybridized carbons (Fsp3) is 0.938. The minimum atomic E-state index is -0.305. The Bertz CT molecular complexity index is 352. The topological polar surface area (TPSA) is 45.5 Å². The van der Waals surface area contributed by atoms with Crippen LogP contribution in [-0.4, -0.2) is 86.7 Å². The molecule has 0 aromatic heterocycles. The molecule has 1 atom stereocenters. The monoisotopic (exact) mass is 293 g/mol. The Labute approximate surface area is 129 Å². The highest BCUT2D eigenvalue weighted by Crippen LogP contribution is 2.40. The third-order valence-corrected chi connectivity index (χ3v) is 4.77. The average Bonchev–Trinajstić information content (AvgIpc) is 3.31. The van der Waals surface area contributed by atoms with Gasteiger partial charge >= 0.3 is 0 Å². The molecule has 1 aliphatic carbocycles. The van der Waals surface area contributed by atoms with Crippen LogP contribution in [0.25, 0.3) is 0 Å². The highest BCUT2D eigenvalue weighted by Gasteiger charge is 2.46. The van der Waals surface area contributed by atoms with E-state index in [0.717, 1.165) is 52.4 Å². The lowest BCUT2D eigenvalue weighted by atomic mass is 9.93. The zero-order chi connectivity index (χ0) is 15.3. The number of hydrogen-bond donors (Lipinski definition) is 1. The first-order valence-electron chi connectivity index (χ1n) is 8.35. The van der Waals surface area contributed by atoms with Gasteiger partial charge in [0.2, 0.25) is 0 Å². The lowest BCUT2D eigenvalue weighted by Crippen LogP contribution is -2.58. The number of piperazine rings is 1. The second-order valence-corrected chi connectivity index (χ2v) is 6.81. The van der Waals surface area contributed by atoms with Crippen LogP contribution in [0.3, 0.4) is 0 Å². The zero-order valence-corrected chi connectivity index (χ0v) is 13.9. The van der Waals surface area contributed by atoms with Crippen LogP contribution in [0.5, 0.6) is 0 Å². The van der Waals surface area contributed by atoms with Gasteiger partial charge in [0.25, 0.3) is 0 Å². The van der Waals surface area contributed by atoms with Gasteiger partial charge in [-0.05, 0) is 39.4 Å². The van der Waals surface area contributed by atoms with Crippen LogP contribution in [0.1, 0.15) is 19.8 Å². The number of rotatable bonds is 8. The van der Waals surface area contributed by atoms with Crippen LogP contribution >= 0.6 is 0 Å². The van der Waals surface area contributed by atoms with Crippen molar-refractivity contribution in [2.45, 2.75) is 25.3 Å². The first kappa shape index (κ1) is 16.7. The molecule has 5 nitrogen and oxygen atoms in total. The summed E-state index contributed by atoms with van der Waals surface area (Å²) in [4.78, 5) is 7.26. The van der Waals surface area contributed by atoms with Gasteiger partial charge in [-0.3, -0.25) is 15.1 Å². The van der Waals surface area contributed by atoms with E-state index in [0.29, 0.717) is 5.92 Å². The minimum Gasteiger partial charge on any atom is -0.308 e. The van der Waals surface area contributed by atoms with Gasteiger partial charge < -0.3 is 4.90 Å². The van der Waals surface area contributed by atoms with E-state index in [2.05, 4.69) is 47.1 Å². The van der Waals surface area contributed by atoms with Crippen molar-refractivity contribution >= 4 is 0 Å². The lowest BCUT2D eigenvalue weighted by Gasteiger charge is -2.39. The second-order valence-electron chi connectivity index (χ2n) is 6.81. The summed E-state index contributed by atoms with van der Waals surface area (Å²) in [5, 5.41) is 13.2. The van der Waals surface area contributed by atoms with Gasteiger partial charge in [-0.25, -0.2) is 0 Å². The Morgan fingerprint density at radius 2 is 1.81 bits per heavy atom. The molecule has 0 aromatic rings. The Morgan fingerprint density at radius 3 is 2.29 bits per heavy atom. The van der Waals surface area contributed by atoms with Gasteiger partial charge in [0.15, 0.2) is 0 Å². The molecule has 5 heteroatoms. The van der Waals surface area contributed by atoms with Gasteiger partial charge in [-0.2, -0.15) is 5.26 Å². The third kappa shape index (κ3) is 4.65. The molecular weight excluding hydrogens is 262 g/mol. The van der Waals surface area contributed by atoms with E-state index in [-0.39, 0.29) is 5.54 Å². The number of hydrogen-bond acceptors (Lipinski definition) is 5. The van der Waals surface area contributed by atoms with Gasteiger partial charge in [-0.15, -0.1) is 0 Å². The van der Waals surface area contributed by atoms with E-state index in [1.807, 2.05) is 0 Å².